The highest BCUT2D eigenvalue weighted by Crippen LogP contribution is 2.43. The molecule has 0 aromatic heterocycles. The minimum absolute atomic E-state index is 0.0468. The summed E-state index contributed by atoms with van der Waals surface area (Å²) >= 11 is 0. The van der Waals surface area contributed by atoms with E-state index in [2.05, 4.69) is 141 Å². The van der Waals surface area contributed by atoms with E-state index >= 15 is 0 Å². The monoisotopic (exact) mass is 1030 g/mol. The fourth-order valence-corrected chi connectivity index (χ4v) is 8.31. The molecule has 0 aromatic carbocycles. The Morgan fingerprint density at radius 3 is 1.26 bits per heavy atom. The number of carbonyl (C=O) groups excluding carboxylic acids is 1. The van der Waals surface area contributed by atoms with Crippen molar-refractivity contribution in [1.82, 2.24) is 5.32 Å². The van der Waals surface area contributed by atoms with Gasteiger partial charge in [0.15, 0.2) is 0 Å². The summed E-state index contributed by atoms with van der Waals surface area (Å²) in [5.74, 6) is -0.204. The molecule has 0 saturated heterocycles. The number of hydrogen-bond acceptors (Lipinski definition) is 5. The number of likely N-dealkylation sites (N-methyl/N-ethyl adjacent to an activating group) is 1. The zero-order chi connectivity index (χ0) is 53.5. The lowest BCUT2D eigenvalue weighted by Crippen LogP contribution is -2.45. The minimum Gasteiger partial charge on any atom is -0.387 e. The molecule has 0 aliphatic heterocycles. The van der Waals surface area contributed by atoms with E-state index in [1.165, 1.54) is 83.5 Å². The Balaban J connectivity index is 4.25. The highest BCUT2D eigenvalue weighted by Gasteiger charge is 2.27. The zero-order valence-electron chi connectivity index (χ0n) is 47.3. The van der Waals surface area contributed by atoms with E-state index in [0.717, 1.165) is 109 Å². The maximum absolute atomic E-state index is 13.0. The lowest BCUT2D eigenvalue weighted by molar-refractivity contribution is -0.870. The zero-order valence-corrected chi connectivity index (χ0v) is 48.2. The molecule has 0 aliphatic rings. The third-order valence-electron chi connectivity index (χ3n) is 12.1. The second-order valence-electron chi connectivity index (χ2n) is 20.3. The maximum atomic E-state index is 13.0. The number of phosphoric ester groups is 1. The molecule has 3 unspecified atom stereocenters. The van der Waals surface area contributed by atoms with Crippen molar-refractivity contribution in [2.45, 2.75) is 225 Å². The van der Waals surface area contributed by atoms with Gasteiger partial charge in [0.2, 0.25) is 5.91 Å². The van der Waals surface area contributed by atoms with Crippen LogP contribution in [-0.4, -0.2) is 73.4 Å². The summed E-state index contributed by atoms with van der Waals surface area (Å²) in [5, 5.41) is 13.9. The Morgan fingerprint density at radius 2 is 0.836 bits per heavy atom. The molecule has 0 bridgehead atoms. The number of allylic oxidation sites excluding steroid dienone is 21. The molecule has 8 nitrogen and oxygen atoms in total. The van der Waals surface area contributed by atoms with Gasteiger partial charge in [0.05, 0.1) is 39.9 Å². The standard InChI is InChI=1S/C64H109N2O6P/c1-6-8-10-12-14-16-18-20-22-24-25-26-27-28-29-30-31-32-33-34-35-36-37-38-39-40-41-42-44-46-48-50-52-54-56-58-64(68)65-62(61-72-73(69,70)71-60-59-66(3,4)5)63(67)57-55-53-51-49-47-45-43-23-21-19-17-15-13-11-9-7-2/h8,10,14,16,20,22,25-26,28-29,31-32,34-35,37-38,40-41,47,49,55,57,62-63,67H,6-7,9,11-13,15,17-19,21,23-24,27,30,33,36,39,42-46,48,50-54,56,58-61H2,1-5H3,(H-,65,68,69,70)/p+1/b10-8-,16-14-,22-20-,26-25-,29-28-,32-31-,35-34-,38-37-,41-40-,49-47+,57-55+. The Kier molecular flexibility index (Phi) is 51.0. The first-order chi connectivity index (χ1) is 35.5. The van der Waals surface area contributed by atoms with Crippen LogP contribution in [0, 0.1) is 0 Å². The number of carbonyl (C=O) groups is 1. The van der Waals surface area contributed by atoms with E-state index in [4.69, 9.17) is 9.05 Å². The number of unbranched alkanes of at least 4 members (excludes halogenated alkanes) is 18. The van der Waals surface area contributed by atoms with Gasteiger partial charge in [-0.15, -0.1) is 0 Å². The molecule has 0 aliphatic carbocycles. The van der Waals surface area contributed by atoms with Gasteiger partial charge >= 0.3 is 7.82 Å². The van der Waals surface area contributed by atoms with Crippen LogP contribution in [-0.2, 0) is 18.4 Å². The molecule has 0 rings (SSSR count). The van der Waals surface area contributed by atoms with Crippen LogP contribution in [0.2, 0.25) is 0 Å². The number of aliphatic hydroxyl groups excluding tert-OH is 1. The predicted molar refractivity (Wildman–Crippen MR) is 318 cm³/mol. The van der Waals surface area contributed by atoms with Crippen LogP contribution in [0.4, 0.5) is 0 Å². The van der Waals surface area contributed by atoms with E-state index < -0.39 is 20.0 Å². The molecular formula is C64H110N2O6P+. The molecule has 0 fully saturated rings. The second kappa shape index (κ2) is 53.5. The molecule has 0 radical (unpaired) electrons. The van der Waals surface area contributed by atoms with E-state index in [0.29, 0.717) is 17.4 Å². The van der Waals surface area contributed by atoms with Crippen molar-refractivity contribution in [3.63, 3.8) is 0 Å². The quantitative estimate of drug-likeness (QED) is 0.0243. The Labute approximate surface area is 449 Å². The average Bonchev–Trinajstić information content (AvgIpc) is 3.35. The van der Waals surface area contributed by atoms with Crippen molar-refractivity contribution in [3.05, 3.63) is 134 Å². The largest absolute Gasteiger partial charge is 0.472 e. The Hall–Kier alpha value is -3.36. The van der Waals surface area contributed by atoms with Gasteiger partial charge in [-0.25, -0.2) is 4.57 Å². The molecule has 73 heavy (non-hydrogen) atoms. The van der Waals surface area contributed by atoms with Crippen LogP contribution in [0.25, 0.3) is 0 Å². The molecule has 3 atom stereocenters. The number of aliphatic hydroxyl groups is 1. The van der Waals surface area contributed by atoms with Gasteiger partial charge in [-0.1, -0.05) is 237 Å². The third-order valence-corrected chi connectivity index (χ3v) is 13.1. The summed E-state index contributed by atoms with van der Waals surface area (Å²) < 4.78 is 23.7. The van der Waals surface area contributed by atoms with Crippen molar-refractivity contribution in [2.75, 3.05) is 40.9 Å². The maximum Gasteiger partial charge on any atom is 0.472 e. The van der Waals surface area contributed by atoms with Crippen LogP contribution in [0.5, 0.6) is 0 Å². The molecule has 0 heterocycles. The number of rotatable bonds is 51. The molecule has 1 amide bonds. The molecule has 3 N–H and O–H groups in total. The number of nitrogens with one attached hydrogen (secondary N) is 1. The Bertz CT molecular complexity index is 1640. The molecular weight excluding hydrogens is 924 g/mol. The van der Waals surface area contributed by atoms with Gasteiger partial charge < -0.3 is 19.8 Å². The van der Waals surface area contributed by atoms with Crippen molar-refractivity contribution in [1.29, 1.82) is 0 Å². The van der Waals surface area contributed by atoms with Gasteiger partial charge in [-0.3, -0.25) is 13.8 Å². The molecule has 9 heteroatoms. The van der Waals surface area contributed by atoms with E-state index in [9.17, 15) is 19.4 Å². The van der Waals surface area contributed by atoms with Crippen LogP contribution in [0.15, 0.2) is 134 Å². The number of phosphoric acid groups is 1. The van der Waals surface area contributed by atoms with E-state index in [1.807, 2.05) is 27.2 Å². The lowest BCUT2D eigenvalue weighted by atomic mass is 10.1. The highest BCUT2D eigenvalue weighted by atomic mass is 31.2. The molecule has 416 valence electrons. The fraction of sp³-hybridized carbons (Fsp3) is 0.641. The van der Waals surface area contributed by atoms with Gasteiger partial charge in [-0.2, -0.15) is 0 Å². The van der Waals surface area contributed by atoms with E-state index in [-0.39, 0.29) is 19.1 Å². The highest BCUT2D eigenvalue weighted by molar-refractivity contribution is 7.47. The van der Waals surface area contributed by atoms with E-state index in [1.54, 1.807) is 6.08 Å². The van der Waals surface area contributed by atoms with Crippen molar-refractivity contribution < 1.29 is 32.9 Å². The first-order valence-corrected chi connectivity index (χ1v) is 30.6. The van der Waals surface area contributed by atoms with Crippen molar-refractivity contribution in [3.8, 4) is 0 Å². The summed E-state index contributed by atoms with van der Waals surface area (Å²) in [4.78, 5) is 23.3. The van der Waals surface area contributed by atoms with Crippen LogP contribution in [0.3, 0.4) is 0 Å². The third kappa shape index (κ3) is 56.2. The summed E-state index contributed by atoms with van der Waals surface area (Å²) in [6.45, 7) is 4.65. The summed E-state index contributed by atoms with van der Waals surface area (Å²) in [6, 6.07) is -0.879. The molecule has 0 saturated carbocycles. The van der Waals surface area contributed by atoms with Crippen LogP contribution >= 0.6 is 7.82 Å². The summed E-state index contributed by atoms with van der Waals surface area (Å²) in [6.07, 6.45) is 81.2. The van der Waals surface area contributed by atoms with Crippen molar-refractivity contribution >= 4 is 13.7 Å². The first-order valence-electron chi connectivity index (χ1n) is 29.1. The predicted octanol–water partition coefficient (Wildman–Crippen LogP) is 17.9. The number of nitrogens with zero attached hydrogens (tertiary/aromatic N) is 1. The second-order valence-corrected chi connectivity index (χ2v) is 21.7. The van der Waals surface area contributed by atoms with Crippen LogP contribution < -0.4 is 5.32 Å². The topological polar surface area (TPSA) is 105 Å². The van der Waals surface area contributed by atoms with Crippen molar-refractivity contribution in [2.24, 2.45) is 0 Å². The average molecular weight is 1030 g/mol. The normalized spacial score (nSPS) is 14.9. The number of hydrogen-bond donors (Lipinski definition) is 3. The van der Waals surface area contributed by atoms with Gasteiger partial charge in [-0.05, 0) is 103 Å². The van der Waals surface area contributed by atoms with Gasteiger partial charge in [0.1, 0.15) is 13.2 Å². The fourth-order valence-electron chi connectivity index (χ4n) is 7.58. The Morgan fingerprint density at radius 1 is 0.479 bits per heavy atom. The summed E-state index contributed by atoms with van der Waals surface area (Å²) in [5.41, 5.74) is 0. The summed E-state index contributed by atoms with van der Waals surface area (Å²) in [7, 11) is 1.53. The SMILES string of the molecule is CC/C=C\C/C=C\C/C=C\C/C=C\C/C=C\C/C=C\C/C=C\C/C=C\C/C=C\CCCCCCCCCC(=O)NC(COP(=O)(O)OCC[N+](C)(C)C)C(O)/C=C/CC/C=C/CCCCCCCCCCCC. The number of amides is 1. The van der Waals surface area contributed by atoms with Crippen LogP contribution in [0.1, 0.15) is 213 Å². The minimum atomic E-state index is -4.37. The molecule has 0 aromatic rings. The van der Waals surface area contributed by atoms with Gasteiger partial charge in [0, 0.05) is 6.42 Å². The number of quaternary nitrogens is 1. The smallest absolute Gasteiger partial charge is 0.387 e. The lowest BCUT2D eigenvalue weighted by Gasteiger charge is -2.25. The van der Waals surface area contributed by atoms with Gasteiger partial charge in [0.25, 0.3) is 0 Å². The molecule has 0 spiro atoms. The first kappa shape index (κ1) is 69.6.